The molecule has 6 nitrogen and oxygen atoms in total. The van der Waals surface area contributed by atoms with Crippen LogP contribution in [0.2, 0.25) is 0 Å². The highest BCUT2D eigenvalue weighted by atomic mass is 19.4. The van der Waals surface area contributed by atoms with Gasteiger partial charge in [-0.2, -0.15) is 13.2 Å². The maximum atomic E-state index is 14.6. The summed E-state index contributed by atoms with van der Waals surface area (Å²) < 4.78 is 45.5. The molecule has 1 aromatic heterocycles. The third kappa shape index (κ3) is 4.22. The molecular formula is C34H46F3NO5. The van der Waals surface area contributed by atoms with Gasteiger partial charge in [0.15, 0.2) is 17.1 Å². The summed E-state index contributed by atoms with van der Waals surface area (Å²) in [5.41, 5.74) is -1.04. The predicted molar refractivity (Wildman–Crippen MR) is 152 cm³/mol. The molecule has 0 aromatic carbocycles. The molecule has 1 heterocycles. The number of hydrogen-bond acceptors (Lipinski definition) is 6. The zero-order chi connectivity index (χ0) is 31.4. The summed E-state index contributed by atoms with van der Waals surface area (Å²) in [5.74, 6) is -0.333. The number of nitrogens with zero attached hydrogens (tertiary/aromatic N) is 1. The van der Waals surface area contributed by atoms with Crippen molar-refractivity contribution in [1.82, 2.24) is 5.16 Å². The molecule has 3 fully saturated rings. The van der Waals surface area contributed by atoms with Crippen molar-refractivity contribution >= 4 is 11.6 Å². The number of Topliss-reactive ketones (excluding diaryl/α,β-unsaturated/α-hetero) is 1. The van der Waals surface area contributed by atoms with Gasteiger partial charge in [0.05, 0.1) is 19.7 Å². The van der Waals surface area contributed by atoms with E-state index in [1.165, 1.54) is 7.11 Å². The van der Waals surface area contributed by atoms with Gasteiger partial charge in [0.1, 0.15) is 5.78 Å². The molecule has 0 aliphatic heterocycles. The number of carbonyl (C=O) groups excluding carboxylic acids is 2. The minimum absolute atomic E-state index is 0.0257. The lowest BCUT2D eigenvalue weighted by Gasteiger charge is -2.69. The van der Waals surface area contributed by atoms with Gasteiger partial charge in [-0.1, -0.05) is 45.3 Å². The number of allylic oxidation sites excluding steroid dienone is 2. The average Bonchev–Trinajstić information content (AvgIpc) is 3.37. The van der Waals surface area contributed by atoms with Crippen LogP contribution in [-0.4, -0.2) is 30.0 Å². The molecule has 1 aromatic rings. The maximum absolute atomic E-state index is 14.6. The largest absolute Gasteiger partial charge is 0.389 e. The van der Waals surface area contributed by atoms with Gasteiger partial charge < -0.3 is 4.52 Å². The summed E-state index contributed by atoms with van der Waals surface area (Å²) >= 11 is 0. The van der Waals surface area contributed by atoms with Crippen LogP contribution in [0.3, 0.4) is 0 Å². The fraction of sp³-hybridized carbons (Fsp3) is 0.794. The monoisotopic (exact) mass is 605 g/mol. The summed E-state index contributed by atoms with van der Waals surface area (Å²) in [6.07, 6.45) is 3.07. The highest BCUT2D eigenvalue weighted by molar-refractivity contribution is 5.97. The van der Waals surface area contributed by atoms with Crippen molar-refractivity contribution in [3.63, 3.8) is 0 Å². The van der Waals surface area contributed by atoms with Gasteiger partial charge in [-0.3, -0.25) is 9.59 Å². The summed E-state index contributed by atoms with van der Waals surface area (Å²) in [4.78, 5) is 39.7. The average molecular weight is 606 g/mol. The number of carbonyl (C=O) groups is 2. The van der Waals surface area contributed by atoms with Crippen LogP contribution >= 0.6 is 0 Å². The normalized spacial score (nSPS) is 43.4. The molecule has 0 saturated heterocycles. The second-order valence-corrected chi connectivity index (χ2v) is 16.1. The Morgan fingerprint density at radius 3 is 2.44 bits per heavy atom. The number of hydrogen-bond donors (Lipinski definition) is 0. The van der Waals surface area contributed by atoms with E-state index in [0.717, 1.165) is 30.4 Å². The minimum Gasteiger partial charge on any atom is -0.358 e. The second-order valence-electron chi connectivity index (χ2n) is 16.1. The Morgan fingerprint density at radius 1 is 1.07 bits per heavy atom. The van der Waals surface area contributed by atoms with Crippen molar-refractivity contribution in [1.29, 1.82) is 0 Å². The smallest absolute Gasteiger partial charge is 0.358 e. The third-order valence-electron chi connectivity index (χ3n) is 13.4. The van der Waals surface area contributed by atoms with Gasteiger partial charge in [-0.25, -0.2) is 9.78 Å². The molecule has 9 heteroatoms. The number of alkyl halides is 3. The number of halogens is 3. The van der Waals surface area contributed by atoms with Gasteiger partial charge in [0.2, 0.25) is 0 Å². The van der Waals surface area contributed by atoms with E-state index < -0.39 is 46.8 Å². The molecule has 3 saturated carbocycles. The molecule has 8 atom stereocenters. The predicted octanol–water partition coefficient (Wildman–Crippen LogP) is 8.10. The van der Waals surface area contributed by atoms with Crippen LogP contribution in [0.1, 0.15) is 111 Å². The summed E-state index contributed by atoms with van der Waals surface area (Å²) in [7, 11) is 1.49. The van der Waals surface area contributed by atoms with Crippen molar-refractivity contribution < 1.29 is 37.1 Å². The second kappa shape index (κ2) is 9.51. The van der Waals surface area contributed by atoms with E-state index in [-0.39, 0.29) is 34.2 Å². The maximum Gasteiger partial charge on any atom is 0.389 e. The molecule has 238 valence electrons. The number of fused-ring (bicyclic) bond motifs is 8. The van der Waals surface area contributed by atoms with Gasteiger partial charge in [-0.15, -0.1) is 0 Å². The lowest BCUT2D eigenvalue weighted by atomic mass is 9.34. The Hall–Kier alpha value is -2.00. The molecular weight excluding hydrogens is 559 g/mol. The minimum atomic E-state index is -4.38. The fourth-order valence-corrected chi connectivity index (χ4v) is 11.2. The topological polar surface area (TPSA) is 78.6 Å². The van der Waals surface area contributed by atoms with Gasteiger partial charge in [0.25, 0.3) is 0 Å². The Bertz CT molecular complexity index is 1370. The Balaban J connectivity index is 1.45. The first kappa shape index (κ1) is 31.0. The molecule has 0 N–H and O–H groups in total. The lowest BCUT2D eigenvalue weighted by Crippen LogP contribution is -2.66. The molecule has 43 heavy (non-hydrogen) atoms. The van der Waals surface area contributed by atoms with E-state index in [2.05, 4.69) is 39.8 Å². The Labute approximate surface area is 252 Å². The highest BCUT2D eigenvalue weighted by Gasteiger charge is 2.71. The molecule has 0 amide bonds. The zero-order valence-corrected chi connectivity index (χ0v) is 26.6. The Morgan fingerprint density at radius 2 is 1.77 bits per heavy atom. The van der Waals surface area contributed by atoms with Crippen LogP contribution in [0.15, 0.2) is 22.4 Å². The van der Waals surface area contributed by atoms with E-state index in [1.54, 1.807) is 6.20 Å². The highest BCUT2D eigenvalue weighted by Crippen LogP contribution is 2.75. The van der Waals surface area contributed by atoms with Gasteiger partial charge in [0, 0.05) is 29.2 Å². The molecule has 0 bridgehead atoms. The van der Waals surface area contributed by atoms with Crippen molar-refractivity contribution in [2.75, 3.05) is 7.11 Å². The summed E-state index contributed by atoms with van der Waals surface area (Å²) in [6.45, 7) is 13.1. The van der Waals surface area contributed by atoms with Crippen molar-refractivity contribution in [3.05, 3.63) is 29.2 Å². The zero-order valence-electron chi connectivity index (χ0n) is 26.6. The molecule has 5 aliphatic carbocycles. The van der Waals surface area contributed by atoms with Crippen LogP contribution in [-0.2, 0) is 31.4 Å². The molecule has 5 aliphatic rings. The molecule has 0 radical (unpaired) electrons. The fourth-order valence-electron chi connectivity index (χ4n) is 11.2. The molecule has 0 spiro atoms. The Kier molecular flexibility index (Phi) is 6.85. The van der Waals surface area contributed by atoms with Crippen molar-refractivity contribution in [2.45, 2.75) is 118 Å². The van der Waals surface area contributed by atoms with Crippen LogP contribution < -0.4 is 0 Å². The van der Waals surface area contributed by atoms with Gasteiger partial charge in [-0.05, 0) is 91.9 Å². The van der Waals surface area contributed by atoms with E-state index >= 15 is 0 Å². The number of aromatic nitrogens is 1. The van der Waals surface area contributed by atoms with Crippen LogP contribution in [0.4, 0.5) is 13.2 Å². The van der Waals surface area contributed by atoms with Crippen molar-refractivity contribution in [3.8, 4) is 0 Å². The molecule has 0 unspecified atom stereocenters. The SMILES string of the molecule is COO[C@]1(C)c2oncc2C[C@]2(C)C3=CC(=O)[C@@H]4[C@@H]5CC(C)(C)CC[C@]5(C(=O)CCC(F)(F)F)CC[C@@]4(C)[C@]3(C)CC[C@H]21. The van der Waals surface area contributed by atoms with E-state index in [9.17, 15) is 22.8 Å². The number of rotatable bonds is 5. The first-order valence-corrected chi connectivity index (χ1v) is 15.9. The van der Waals surface area contributed by atoms with E-state index in [4.69, 9.17) is 14.3 Å². The van der Waals surface area contributed by atoms with Gasteiger partial charge >= 0.3 is 6.18 Å². The van der Waals surface area contributed by atoms with Crippen LogP contribution in [0, 0.1) is 44.8 Å². The molecule has 6 rings (SSSR count). The van der Waals surface area contributed by atoms with E-state index in [1.807, 2.05) is 13.0 Å². The summed E-state index contributed by atoms with van der Waals surface area (Å²) in [6, 6.07) is 0. The standard InChI is InChI=1S/C34H46F3NO5/c1-28(2)12-14-33(25(40)9-11-34(35,36)37)15-13-31(5)26(21(33)18-28)22(39)16-24-29(3)17-20-19-38-42-27(20)32(6,43-41-7)23(29)8-10-30(24,31)4/h16,19,21,23,26H,8-15,17-18H2,1-7H3/t21-,23+,26-,29-,30+,31+,32-,33-/m0/s1. The lowest BCUT2D eigenvalue weighted by molar-refractivity contribution is -0.375. The summed E-state index contributed by atoms with van der Waals surface area (Å²) in [5, 5.41) is 4.10. The van der Waals surface area contributed by atoms with Crippen LogP contribution in [0.25, 0.3) is 0 Å². The van der Waals surface area contributed by atoms with Crippen molar-refractivity contribution in [2.24, 2.45) is 44.8 Å². The first-order chi connectivity index (χ1) is 19.9. The number of ketones is 2. The third-order valence-corrected chi connectivity index (χ3v) is 13.4. The quantitative estimate of drug-likeness (QED) is 0.249. The van der Waals surface area contributed by atoms with E-state index in [0.29, 0.717) is 37.9 Å². The first-order valence-electron chi connectivity index (χ1n) is 15.9. The van der Waals surface area contributed by atoms with Crippen LogP contribution in [0.5, 0.6) is 0 Å².